The molecule has 0 aliphatic carbocycles. The molecule has 0 radical (unpaired) electrons. The van der Waals surface area contributed by atoms with Crippen LogP contribution in [0.3, 0.4) is 0 Å². The lowest BCUT2D eigenvalue weighted by Crippen LogP contribution is -2.06. The van der Waals surface area contributed by atoms with Gasteiger partial charge < -0.3 is 9.47 Å². The topological polar surface area (TPSA) is 52.6 Å². The number of carbonyl (C=O) groups is 2. The molecule has 0 bridgehead atoms. The fourth-order valence-corrected chi connectivity index (χ4v) is 3.76. The number of hydrogen-bond donors (Lipinski definition) is 0. The smallest absolute Gasteiger partial charge is 0.167 e. The molecule has 0 saturated heterocycles. The monoisotopic (exact) mass is 470 g/mol. The van der Waals surface area contributed by atoms with E-state index in [1.165, 1.54) is 25.7 Å². The van der Waals surface area contributed by atoms with Gasteiger partial charge in [-0.25, -0.2) is 0 Å². The quantitative estimate of drug-likeness (QED) is 0.154. The van der Waals surface area contributed by atoms with E-state index in [4.69, 9.17) is 33.9 Å². The second-order valence-corrected chi connectivity index (χ2v) is 8.50. The Labute approximate surface area is 201 Å². The largest absolute Gasteiger partial charge is 0.450 e. The van der Waals surface area contributed by atoms with Gasteiger partial charge in [0.15, 0.2) is 22.7 Å². The van der Waals surface area contributed by atoms with Crippen LogP contribution in [0.25, 0.3) is 0 Å². The van der Waals surface area contributed by atoms with Crippen molar-refractivity contribution in [2.75, 3.05) is 0 Å². The number of carbonyl (C=O) groups excluding carboxylic acids is 2. The van der Waals surface area contributed by atoms with Gasteiger partial charge in [0.1, 0.15) is 11.5 Å². The van der Waals surface area contributed by atoms with Gasteiger partial charge in [0.2, 0.25) is 0 Å². The fourth-order valence-electron chi connectivity index (χ4n) is 3.29. The molecule has 0 saturated carbocycles. The number of thiocarbonyl (C=S) groups is 2. The Morgan fingerprint density at radius 1 is 0.594 bits per heavy atom. The summed E-state index contributed by atoms with van der Waals surface area (Å²) in [5, 5.41) is 1.07. The lowest BCUT2D eigenvalue weighted by atomic mass is 10.1. The number of aldehydes is 2. The van der Waals surface area contributed by atoms with Gasteiger partial charge in [0, 0.05) is 12.8 Å². The maximum atomic E-state index is 11.0. The van der Waals surface area contributed by atoms with Gasteiger partial charge in [0.05, 0.1) is 11.1 Å². The van der Waals surface area contributed by atoms with Crippen LogP contribution in [-0.2, 0) is 0 Å². The zero-order chi connectivity index (χ0) is 23.0. The third-order valence-electron chi connectivity index (χ3n) is 5.05. The summed E-state index contributed by atoms with van der Waals surface area (Å²) in [7, 11) is 0. The van der Waals surface area contributed by atoms with Gasteiger partial charge in [-0.05, 0) is 61.5 Å². The molecule has 2 aromatic rings. The van der Waals surface area contributed by atoms with Crippen LogP contribution in [0, 0.1) is 0 Å². The molecule has 32 heavy (non-hydrogen) atoms. The first-order chi connectivity index (χ1) is 15.6. The van der Waals surface area contributed by atoms with E-state index < -0.39 is 0 Å². The summed E-state index contributed by atoms with van der Waals surface area (Å²) < 4.78 is 11.3. The second-order valence-electron chi connectivity index (χ2n) is 7.59. The number of ether oxygens (including phenoxy) is 2. The van der Waals surface area contributed by atoms with Crippen LogP contribution in [0.4, 0.5) is 0 Å². The zero-order valence-electron chi connectivity index (χ0n) is 18.3. The molecular formula is C26H30O4S2. The van der Waals surface area contributed by atoms with E-state index in [0.29, 0.717) is 32.7 Å². The average molecular weight is 471 g/mol. The van der Waals surface area contributed by atoms with Gasteiger partial charge in [-0.15, -0.1) is 0 Å². The van der Waals surface area contributed by atoms with Gasteiger partial charge in [-0.3, -0.25) is 9.59 Å². The van der Waals surface area contributed by atoms with Crippen LogP contribution in [0.15, 0.2) is 48.5 Å². The van der Waals surface area contributed by atoms with Crippen molar-refractivity contribution in [3.63, 3.8) is 0 Å². The Hall–Kier alpha value is -2.44. The standard InChI is InChI=1S/C26H30O4S2/c27-19-21-13-9-11-15-23(21)29-25(31)17-7-5-3-1-2-4-6-8-18-26(32)30-24-16-12-10-14-22(24)20-28/h9-16,19-20H,1-8,17-18H2. The highest BCUT2D eigenvalue weighted by molar-refractivity contribution is 7.80. The van der Waals surface area contributed by atoms with Crippen molar-refractivity contribution in [2.24, 2.45) is 0 Å². The Kier molecular flexibility index (Phi) is 12.4. The first-order valence-corrected chi connectivity index (χ1v) is 12.0. The van der Waals surface area contributed by atoms with E-state index in [2.05, 4.69) is 0 Å². The summed E-state index contributed by atoms with van der Waals surface area (Å²) in [5.41, 5.74) is 1.04. The maximum absolute atomic E-state index is 11.0. The number of rotatable bonds is 15. The second kappa shape index (κ2) is 15.4. The molecular weight excluding hydrogens is 440 g/mol. The van der Waals surface area contributed by atoms with Crippen LogP contribution in [0.5, 0.6) is 11.5 Å². The Morgan fingerprint density at radius 3 is 1.31 bits per heavy atom. The average Bonchev–Trinajstić information content (AvgIpc) is 2.81. The Morgan fingerprint density at radius 2 is 0.938 bits per heavy atom. The van der Waals surface area contributed by atoms with Crippen molar-refractivity contribution in [2.45, 2.75) is 64.2 Å². The van der Waals surface area contributed by atoms with Gasteiger partial charge >= 0.3 is 0 Å². The number of para-hydroxylation sites is 2. The normalized spacial score (nSPS) is 10.4. The van der Waals surface area contributed by atoms with Crippen LogP contribution >= 0.6 is 24.4 Å². The van der Waals surface area contributed by atoms with E-state index in [9.17, 15) is 9.59 Å². The van der Waals surface area contributed by atoms with Crippen molar-refractivity contribution in [1.29, 1.82) is 0 Å². The van der Waals surface area contributed by atoms with Crippen LogP contribution in [0.2, 0.25) is 0 Å². The van der Waals surface area contributed by atoms with Crippen LogP contribution in [0.1, 0.15) is 84.9 Å². The predicted molar refractivity (Wildman–Crippen MR) is 136 cm³/mol. The van der Waals surface area contributed by atoms with E-state index >= 15 is 0 Å². The lowest BCUT2D eigenvalue weighted by Gasteiger charge is -2.09. The maximum Gasteiger partial charge on any atom is 0.167 e. The molecule has 4 nitrogen and oxygen atoms in total. The molecule has 0 unspecified atom stereocenters. The third kappa shape index (κ3) is 9.79. The summed E-state index contributed by atoms with van der Waals surface area (Å²) in [4.78, 5) is 22.0. The molecule has 0 N–H and O–H groups in total. The molecule has 0 heterocycles. The van der Waals surface area contributed by atoms with Crippen molar-refractivity contribution in [1.82, 2.24) is 0 Å². The van der Waals surface area contributed by atoms with Crippen molar-refractivity contribution < 1.29 is 19.1 Å². The number of benzene rings is 2. The SMILES string of the molecule is O=Cc1ccccc1OC(=S)CCCCCCCCCCC(=S)Oc1ccccc1C=O. The molecule has 2 aromatic carbocycles. The molecule has 2 rings (SSSR count). The Balaban J connectivity index is 1.46. The molecule has 170 valence electrons. The number of unbranched alkanes of at least 4 members (excludes halogenated alkanes) is 7. The molecule has 0 atom stereocenters. The van der Waals surface area contributed by atoms with E-state index in [1.54, 1.807) is 36.4 Å². The van der Waals surface area contributed by atoms with Crippen molar-refractivity contribution >= 4 is 47.1 Å². The van der Waals surface area contributed by atoms with Crippen LogP contribution < -0.4 is 9.47 Å². The third-order valence-corrected chi connectivity index (χ3v) is 5.63. The highest BCUT2D eigenvalue weighted by atomic mass is 32.1. The minimum absolute atomic E-state index is 0.521. The molecule has 0 fully saturated rings. The molecule has 0 spiro atoms. The predicted octanol–water partition coefficient (Wildman–Crippen LogP) is 7.33. The van der Waals surface area contributed by atoms with Crippen molar-refractivity contribution in [3.8, 4) is 11.5 Å². The molecule has 0 aliphatic rings. The molecule has 0 aliphatic heterocycles. The highest BCUT2D eigenvalue weighted by Gasteiger charge is 2.06. The Bertz CT molecular complexity index is 821. The molecule has 0 aromatic heterocycles. The first-order valence-electron chi connectivity index (χ1n) is 11.1. The van der Waals surface area contributed by atoms with E-state index in [0.717, 1.165) is 51.1 Å². The molecule has 0 amide bonds. The van der Waals surface area contributed by atoms with Crippen molar-refractivity contribution in [3.05, 3.63) is 59.7 Å². The number of hydrogen-bond acceptors (Lipinski definition) is 6. The van der Waals surface area contributed by atoms with E-state index in [1.807, 2.05) is 12.1 Å². The fraction of sp³-hybridized carbons (Fsp3) is 0.385. The summed E-state index contributed by atoms with van der Waals surface area (Å²) in [6, 6.07) is 14.2. The van der Waals surface area contributed by atoms with Crippen LogP contribution in [-0.4, -0.2) is 22.7 Å². The van der Waals surface area contributed by atoms with E-state index in [-0.39, 0.29) is 0 Å². The minimum atomic E-state index is 0.521. The lowest BCUT2D eigenvalue weighted by molar-refractivity contribution is 0.111. The van der Waals surface area contributed by atoms with Gasteiger partial charge in [-0.1, -0.05) is 62.8 Å². The highest BCUT2D eigenvalue weighted by Crippen LogP contribution is 2.19. The summed E-state index contributed by atoms with van der Waals surface area (Å²) in [6.07, 6.45) is 12.0. The minimum Gasteiger partial charge on any atom is -0.450 e. The zero-order valence-corrected chi connectivity index (χ0v) is 19.9. The first kappa shape index (κ1) is 25.8. The molecule has 6 heteroatoms. The van der Waals surface area contributed by atoms with Gasteiger partial charge in [-0.2, -0.15) is 0 Å². The summed E-state index contributed by atoms with van der Waals surface area (Å²) >= 11 is 10.6. The summed E-state index contributed by atoms with van der Waals surface area (Å²) in [5.74, 6) is 1.07. The summed E-state index contributed by atoms with van der Waals surface area (Å²) in [6.45, 7) is 0. The van der Waals surface area contributed by atoms with Gasteiger partial charge in [0.25, 0.3) is 0 Å².